The highest BCUT2D eigenvalue weighted by atomic mass is 32.1. The van der Waals surface area contributed by atoms with Crippen molar-refractivity contribution >= 4 is 11.3 Å². The lowest BCUT2D eigenvalue weighted by atomic mass is 10.6. The second-order valence-corrected chi connectivity index (χ2v) is 2.13. The summed E-state index contributed by atoms with van der Waals surface area (Å²) in [6.07, 6.45) is 0. The quantitative estimate of drug-likeness (QED) is 0.568. The molecule has 0 spiro atoms. The smallest absolute Gasteiger partial charge is 0.273 e. The van der Waals surface area contributed by atoms with E-state index in [1.807, 2.05) is 6.92 Å². The highest BCUT2D eigenvalue weighted by molar-refractivity contribution is 7.11. The lowest BCUT2D eigenvalue weighted by Gasteiger charge is -1.85. The largest absolute Gasteiger partial charge is 0.473 e. The molecule has 0 aliphatic heterocycles. The molecule has 0 atom stereocenters. The molecule has 0 aliphatic carbocycles. The van der Waals surface area contributed by atoms with Gasteiger partial charge >= 0.3 is 0 Å². The van der Waals surface area contributed by atoms with Gasteiger partial charge in [-0.15, -0.1) is 0 Å². The van der Waals surface area contributed by atoms with Crippen LogP contribution in [0.2, 0.25) is 0 Å². The van der Waals surface area contributed by atoms with Gasteiger partial charge in [-0.3, -0.25) is 0 Å². The number of aromatic nitrogens is 1. The summed E-state index contributed by atoms with van der Waals surface area (Å²) in [6.45, 7) is 1.89. The molecule has 1 radical (unpaired) electrons. The standard InChI is InChI=1S/C5H6NOS/c1-4-3-8-5(6-4)7-2/h1-2H3. The Morgan fingerprint density at radius 3 is 2.75 bits per heavy atom. The molecule has 1 heterocycles. The SMILES string of the molecule is COc1nc(C)[c]s1. The molecule has 43 valence electrons. The normalized spacial score (nSPS) is 9.25. The third-order valence-corrected chi connectivity index (χ3v) is 1.55. The number of hydrogen-bond donors (Lipinski definition) is 0. The van der Waals surface area contributed by atoms with E-state index in [-0.39, 0.29) is 0 Å². The molecule has 0 amide bonds. The van der Waals surface area contributed by atoms with Gasteiger partial charge in [0.15, 0.2) is 0 Å². The number of aryl methyl sites for hydroxylation is 1. The van der Waals surface area contributed by atoms with Crippen LogP contribution in [-0.2, 0) is 0 Å². The molecule has 3 heteroatoms. The Hall–Kier alpha value is -0.570. The minimum Gasteiger partial charge on any atom is -0.473 e. The van der Waals surface area contributed by atoms with E-state index in [1.165, 1.54) is 11.3 Å². The number of thiazole rings is 1. The van der Waals surface area contributed by atoms with Crippen molar-refractivity contribution in [1.29, 1.82) is 0 Å². The van der Waals surface area contributed by atoms with Gasteiger partial charge in [0, 0.05) is 0 Å². The maximum Gasteiger partial charge on any atom is 0.273 e. The number of methoxy groups -OCH3 is 1. The molecule has 1 aromatic heterocycles. The second kappa shape index (κ2) is 2.13. The fourth-order valence-corrected chi connectivity index (χ4v) is 0.934. The van der Waals surface area contributed by atoms with Crippen molar-refractivity contribution in [3.8, 4) is 5.19 Å². The van der Waals surface area contributed by atoms with E-state index in [9.17, 15) is 0 Å². The molecule has 0 bridgehead atoms. The van der Waals surface area contributed by atoms with Crippen molar-refractivity contribution < 1.29 is 4.74 Å². The van der Waals surface area contributed by atoms with Crippen LogP contribution in [0.1, 0.15) is 5.69 Å². The van der Waals surface area contributed by atoms with Gasteiger partial charge in [-0.25, -0.2) is 4.98 Å². The van der Waals surface area contributed by atoms with Gasteiger partial charge in [0.2, 0.25) is 0 Å². The van der Waals surface area contributed by atoms with Gasteiger partial charge in [0.05, 0.1) is 18.2 Å². The van der Waals surface area contributed by atoms with Crippen LogP contribution in [0.25, 0.3) is 0 Å². The van der Waals surface area contributed by atoms with E-state index in [4.69, 9.17) is 4.74 Å². The van der Waals surface area contributed by atoms with Crippen molar-refractivity contribution in [2.45, 2.75) is 6.92 Å². The molecule has 2 nitrogen and oxygen atoms in total. The summed E-state index contributed by atoms with van der Waals surface area (Å²) in [7, 11) is 1.60. The first-order valence-corrected chi connectivity index (χ1v) is 3.03. The second-order valence-electron chi connectivity index (χ2n) is 1.37. The predicted molar refractivity (Wildman–Crippen MR) is 32.2 cm³/mol. The summed E-state index contributed by atoms with van der Waals surface area (Å²) in [6, 6.07) is 0. The molecule has 1 aromatic rings. The van der Waals surface area contributed by atoms with Crippen LogP contribution in [0.3, 0.4) is 0 Å². The maximum absolute atomic E-state index is 4.81. The van der Waals surface area contributed by atoms with Crippen LogP contribution in [0.5, 0.6) is 5.19 Å². The number of ether oxygens (including phenoxy) is 1. The molecule has 0 aliphatic rings. The molecule has 0 saturated heterocycles. The summed E-state index contributed by atoms with van der Waals surface area (Å²) in [5.41, 5.74) is 0.895. The predicted octanol–water partition coefficient (Wildman–Crippen LogP) is 1.26. The van der Waals surface area contributed by atoms with E-state index >= 15 is 0 Å². The zero-order valence-electron chi connectivity index (χ0n) is 4.76. The first-order chi connectivity index (χ1) is 3.83. The zero-order chi connectivity index (χ0) is 5.98. The Labute approximate surface area is 52.1 Å². The summed E-state index contributed by atoms with van der Waals surface area (Å²) in [4.78, 5) is 3.97. The van der Waals surface area contributed by atoms with Crippen molar-refractivity contribution in [3.05, 3.63) is 11.1 Å². The Balaban J connectivity index is 2.84. The lowest BCUT2D eigenvalue weighted by molar-refractivity contribution is 0.411. The molecule has 8 heavy (non-hydrogen) atoms. The first-order valence-electron chi connectivity index (χ1n) is 2.22. The van der Waals surface area contributed by atoms with Gasteiger partial charge in [-0.1, -0.05) is 11.3 Å². The molecule has 0 unspecified atom stereocenters. The average Bonchev–Trinajstić information content (AvgIpc) is 2.14. The topological polar surface area (TPSA) is 22.1 Å². The van der Waals surface area contributed by atoms with E-state index in [0.29, 0.717) is 5.19 Å². The monoisotopic (exact) mass is 128 g/mol. The van der Waals surface area contributed by atoms with E-state index < -0.39 is 0 Å². The van der Waals surface area contributed by atoms with E-state index in [2.05, 4.69) is 10.4 Å². The Morgan fingerprint density at radius 1 is 1.75 bits per heavy atom. The van der Waals surface area contributed by atoms with Crippen molar-refractivity contribution in [2.75, 3.05) is 7.11 Å². The number of nitrogens with zero attached hydrogens (tertiary/aromatic N) is 1. The summed E-state index contributed by atoms with van der Waals surface area (Å²) in [5.74, 6) is 0. The van der Waals surface area contributed by atoms with Crippen molar-refractivity contribution in [2.24, 2.45) is 0 Å². The van der Waals surface area contributed by atoms with Crippen LogP contribution >= 0.6 is 11.3 Å². The minimum absolute atomic E-state index is 0.683. The fourth-order valence-electron chi connectivity index (χ4n) is 0.387. The van der Waals surface area contributed by atoms with E-state index in [0.717, 1.165) is 5.69 Å². The Morgan fingerprint density at radius 2 is 2.50 bits per heavy atom. The summed E-state index contributed by atoms with van der Waals surface area (Å²) in [5, 5.41) is 3.61. The average molecular weight is 128 g/mol. The van der Waals surface area contributed by atoms with Gasteiger partial charge < -0.3 is 4.74 Å². The molecule has 0 saturated carbocycles. The molecule has 1 rings (SSSR count). The lowest BCUT2D eigenvalue weighted by Crippen LogP contribution is -1.79. The number of hydrogen-bond acceptors (Lipinski definition) is 3. The molecule has 0 fully saturated rings. The van der Waals surface area contributed by atoms with Crippen LogP contribution in [0, 0.1) is 12.3 Å². The minimum atomic E-state index is 0.683. The van der Waals surface area contributed by atoms with Crippen LogP contribution in [-0.4, -0.2) is 12.1 Å². The third kappa shape index (κ3) is 0.980. The van der Waals surface area contributed by atoms with Gasteiger partial charge in [-0.05, 0) is 6.92 Å². The van der Waals surface area contributed by atoms with Gasteiger partial charge in [0.1, 0.15) is 0 Å². The maximum atomic E-state index is 4.81. The Bertz CT molecular complexity index is 173. The van der Waals surface area contributed by atoms with Gasteiger partial charge in [0.25, 0.3) is 5.19 Å². The molecule has 0 aromatic carbocycles. The summed E-state index contributed by atoms with van der Waals surface area (Å²) >= 11 is 1.39. The van der Waals surface area contributed by atoms with Gasteiger partial charge in [-0.2, -0.15) is 0 Å². The van der Waals surface area contributed by atoms with Crippen molar-refractivity contribution in [3.63, 3.8) is 0 Å². The zero-order valence-corrected chi connectivity index (χ0v) is 5.58. The highest BCUT2D eigenvalue weighted by Crippen LogP contribution is 2.14. The third-order valence-electron chi connectivity index (χ3n) is 0.720. The molecular formula is C5H6NOS. The van der Waals surface area contributed by atoms with Crippen molar-refractivity contribution in [1.82, 2.24) is 4.98 Å². The van der Waals surface area contributed by atoms with Crippen LogP contribution in [0.15, 0.2) is 0 Å². The summed E-state index contributed by atoms with van der Waals surface area (Å²) < 4.78 is 4.81. The number of rotatable bonds is 1. The van der Waals surface area contributed by atoms with Crippen LogP contribution in [0.4, 0.5) is 0 Å². The van der Waals surface area contributed by atoms with Crippen LogP contribution < -0.4 is 4.74 Å². The Kier molecular flexibility index (Phi) is 1.48. The highest BCUT2D eigenvalue weighted by Gasteiger charge is 1.93. The molecule has 0 N–H and O–H groups in total. The van der Waals surface area contributed by atoms with E-state index in [1.54, 1.807) is 7.11 Å². The first kappa shape index (κ1) is 5.56. The molecular weight excluding hydrogens is 122 g/mol. The fraction of sp³-hybridized carbons (Fsp3) is 0.400.